The van der Waals surface area contributed by atoms with Gasteiger partial charge in [0.2, 0.25) is 5.91 Å². The molecule has 6 atom stereocenters. The van der Waals surface area contributed by atoms with E-state index in [0.29, 0.717) is 22.7 Å². The van der Waals surface area contributed by atoms with Crippen molar-refractivity contribution in [1.82, 2.24) is 0 Å². The number of rotatable bonds is 2. The predicted octanol–water partition coefficient (Wildman–Crippen LogP) is 2.87. The number of amides is 1. The van der Waals surface area contributed by atoms with Crippen LogP contribution in [0.4, 0.5) is 0 Å². The highest BCUT2D eigenvalue weighted by Crippen LogP contribution is 2.82. The highest BCUT2D eigenvalue weighted by atomic mass is 16.1. The van der Waals surface area contributed by atoms with Gasteiger partial charge in [0.15, 0.2) is 0 Å². The fourth-order valence-electron chi connectivity index (χ4n) is 7.04. The Morgan fingerprint density at radius 2 is 1.80 bits per heavy atom. The zero-order valence-corrected chi connectivity index (χ0v) is 11.7. The summed E-state index contributed by atoms with van der Waals surface area (Å²) in [5, 5.41) is 0. The molecule has 0 saturated heterocycles. The summed E-state index contributed by atoms with van der Waals surface area (Å²) in [5.74, 6) is 2.14. The Morgan fingerprint density at radius 3 is 2.55 bits per heavy atom. The molecule has 1 aromatic carbocycles. The topological polar surface area (TPSA) is 43.1 Å². The molecule has 4 aliphatic carbocycles. The van der Waals surface area contributed by atoms with Crippen molar-refractivity contribution >= 4 is 5.91 Å². The minimum atomic E-state index is -0.0278. The molecule has 4 saturated carbocycles. The zero-order valence-electron chi connectivity index (χ0n) is 11.7. The average Bonchev–Trinajstić information content (AvgIpc) is 2.78. The maximum Gasteiger partial charge on any atom is 0.221 e. The lowest BCUT2D eigenvalue weighted by molar-refractivity contribution is -0.126. The summed E-state index contributed by atoms with van der Waals surface area (Å²) in [4.78, 5) is 11.9. The van der Waals surface area contributed by atoms with Gasteiger partial charge >= 0.3 is 0 Å². The van der Waals surface area contributed by atoms with Crippen LogP contribution < -0.4 is 5.73 Å². The molecular weight excluding hydrogens is 246 g/mol. The lowest BCUT2D eigenvalue weighted by Gasteiger charge is -2.59. The number of carbonyl (C=O) groups excluding carboxylic acids is 1. The summed E-state index contributed by atoms with van der Waals surface area (Å²) in [6.07, 6.45) is 6.35. The number of hydrogen-bond acceptors (Lipinski definition) is 1. The van der Waals surface area contributed by atoms with E-state index in [0.717, 1.165) is 5.92 Å². The van der Waals surface area contributed by atoms with Gasteiger partial charge in [-0.05, 0) is 60.8 Å². The first kappa shape index (κ1) is 11.4. The molecule has 0 heterocycles. The van der Waals surface area contributed by atoms with Crippen LogP contribution in [0.2, 0.25) is 0 Å². The normalized spacial score (nSPS) is 50.8. The van der Waals surface area contributed by atoms with Crippen LogP contribution >= 0.6 is 0 Å². The molecule has 3 bridgehead atoms. The minimum Gasteiger partial charge on any atom is -0.369 e. The van der Waals surface area contributed by atoms with E-state index in [1.807, 2.05) is 0 Å². The van der Waals surface area contributed by atoms with Crippen molar-refractivity contribution in [3.05, 3.63) is 35.9 Å². The van der Waals surface area contributed by atoms with Gasteiger partial charge < -0.3 is 5.73 Å². The predicted molar refractivity (Wildman–Crippen MR) is 76.8 cm³/mol. The summed E-state index contributed by atoms with van der Waals surface area (Å²) >= 11 is 0. The van der Waals surface area contributed by atoms with Gasteiger partial charge in [0, 0.05) is 11.3 Å². The van der Waals surface area contributed by atoms with Crippen LogP contribution in [0.3, 0.4) is 0 Å². The SMILES string of the molecule is NC(=O)C1C2CC3CC4(c5ccccc5)CC1CC34C2. The number of primary amides is 1. The van der Waals surface area contributed by atoms with Crippen LogP contribution in [0.1, 0.15) is 37.7 Å². The first-order valence-electron chi connectivity index (χ1n) is 8.01. The molecule has 2 nitrogen and oxygen atoms in total. The first-order valence-corrected chi connectivity index (χ1v) is 8.01. The van der Waals surface area contributed by atoms with Gasteiger partial charge in [-0.2, -0.15) is 0 Å². The Morgan fingerprint density at radius 1 is 1.05 bits per heavy atom. The molecule has 6 unspecified atom stereocenters. The lowest BCUT2D eigenvalue weighted by atomic mass is 9.44. The molecule has 0 aromatic heterocycles. The highest BCUT2D eigenvalue weighted by Gasteiger charge is 2.76. The van der Waals surface area contributed by atoms with Crippen molar-refractivity contribution in [1.29, 1.82) is 0 Å². The Kier molecular flexibility index (Phi) is 1.87. The first-order chi connectivity index (χ1) is 9.66. The molecule has 0 aliphatic heterocycles. The number of nitrogens with two attached hydrogens (primary N) is 1. The highest BCUT2D eigenvalue weighted by molar-refractivity contribution is 5.78. The van der Waals surface area contributed by atoms with Crippen LogP contribution in [0.5, 0.6) is 0 Å². The van der Waals surface area contributed by atoms with E-state index in [1.54, 1.807) is 0 Å². The van der Waals surface area contributed by atoms with Gasteiger partial charge in [-0.3, -0.25) is 4.79 Å². The molecule has 2 heteroatoms. The van der Waals surface area contributed by atoms with E-state index in [9.17, 15) is 4.79 Å². The number of hydrogen-bond donors (Lipinski definition) is 1. The maximum absolute atomic E-state index is 11.9. The third-order valence-electron chi connectivity index (χ3n) is 7.45. The average molecular weight is 267 g/mol. The summed E-state index contributed by atoms with van der Waals surface area (Å²) in [6, 6.07) is 11.1. The molecule has 2 N–H and O–H groups in total. The third-order valence-corrected chi connectivity index (χ3v) is 7.45. The zero-order chi connectivity index (χ0) is 13.5. The monoisotopic (exact) mass is 267 g/mol. The van der Waals surface area contributed by atoms with Crippen molar-refractivity contribution in [2.45, 2.75) is 37.5 Å². The van der Waals surface area contributed by atoms with Gasteiger partial charge in [0.1, 0.15) is 0 Å². The van der Waals surface area contributed by atoms with E-state index < -0.39 is 0 Å². The second kappa shape index (κ2) is 3.29. The molecule has 20 heavy (non-hydrogen) atoms. The quantitative estimate of drug-likeness (QED) is 0.879. The van der Waals surface area contributed by atoms with E-state index in [1.165, 1.54) is 37.7 Å². The molecule has 1 spiro atoms. The summed E-state index contributed by atoms with van der Waals surface area (Å²) in [7, 11) is 0. The lowest BCUT2D eigenvalue weighted by Crippen LogP contribution is -2.55. The van der Waals surface area contributed by atoms with Crippen molar-refractivity contribution < 1.29 is 4.79 Å². The number of benzene rings is 1. The van der Waals surface area contributed by atoms with Crippen molar-refractivity contribution in [2.75, 3.05) is 0 Å². The van der Waals surface area contributed by atoms with E-state index in [2.05, 4.69) is 30.3 Å². The standard InChI is InChI=1S/C18H21NO/c19-16(20)15-11-6-14-10-18(13-4-2-1-3-5-13)9-12(15)8-17(14,18)7-11/h1-5,11-12,14-15H,6-10H2,(H2,19,20). The van der Waals surface area contributed by atoms with Crippen molar-refractivity contribution in [2.24, 2.45) is 34.8 Å². The van der Waals surface area contributed by atoms with Crippen molar-refractivity contribution in [3.63, 3.8) is 0 Å². The van der Waals surface area contributed by atoms with Gasteiger partial charge in [-0.1, -0.05) is 30.3 Å². The fraction of sp³-hybridized carbons (Fsp3) is 0.611. The van der Waals surface area contributed by atoms with Gasteiger partial charge in [0.25, 0.3) is 0 Å². The minimum absolute atomic E-state index is 0.0278. The molecular formula is C18H21NO. The largest absolute Gasteiger partial charge is 0.369 e. The second-order valence-corrected chi connectivity index (χ2v) is 7.80. The maximum atomic E-state index is 11.9. The summed E-state index contributed by atoms with van der Waals surface area (Å²) < 4.78 is 0. The number of fused-ring (bicyclic) bond motifs is 2. The van der Waals surface area contributed by atoms with Gasteiger partial charge in [-0.15, -0.1) is 0 Å². The molecule has 1 aromatic rings. The summed E-state index contributed by atoms with van der Waals surface area (Å²) in [5.41, 5.74) is 8.17. The Bertz CT molecular complexity index is 593. The van der Waals surface area contributed by atoms with E-state index in [-0.39, 0.29) is 11.8 Å². The van der Waals surface area contributed by atoms with Crippen LogP contribution in [0.15, 0.2) is 30.3 Å². The molecule has 0 radical (unpaired) electrons. The molecule has 1 amide bonds. The van der Waals surface area contributed by atoms with E-state index in [4.69, 9.17) is 5.73 Å². The van der Waals surface area contributed by atoms with Gasteiger partial charge in [-0.25, -0.2) is 0 Å². The molecule has 4 fully saturated rings. The fourth-order valence-corrected chi connectivity index (χ4v) is 7.04. The number of carbonyl (C=O) groups is 1. The molecule has 4 aliphatic rings. The Balaban J connectivity index is 1.65. The third kappa shape index (κ3) is 1.01. The van der Waals surface area contributed by atoms with Crippen LogP contribution in [-0.2, 0) is 10.2 Å². The molecule has 5 rings (SSSR count). The molecule has 104 valence electrons. The van der Waals surface area contributed by atoms with Crippen molar-refractivity contribution in [3.8, 4) is 0 Å². The van der Waals surface area contributed by atoms with Crippen LogP contribution in [-0.4, -0.2) is 5.91 Å². The second-order valence-electron chi connectivity index (χ2n) is 7.80. The smallest absolute Gasteiger partial charge is 0.221 e. The van der Waals surface area contributed by atoms with Crippen LogP contribution in [0, 0.1) is 29.1 Å². The Labute approximate surface area is 119 Å². The van der Waals surface area contributed by atoms with E-state index >= 15 is 0 Å². The van der Waals surface area contributed by atoms with Crippen LogP contribution in [0.25, 0.3) is 0 Å². The summed E-state index contributed by atoms with van der Waals surface area (Å²) in [6.45, 7) is 0. The van der Waals surface area contributed by atoms with Gasteiger partial charge in [0.05, 0.1) is 0 Å². The Hall–Kier alpha value is -1.31.